The van der Waals surface area contributed by atoms with Gasteiger partial charge in [0.1, 0.15) is 6.10 Å². The Balaban J connectivity index is 2.09. The van der Waals surface area contributed by atoms with Gasteiger partial charge in [-0.25, -0.2) is 4.52 Å². The molecule has 0 aliphatic carbocycles. The molecular formula is C12H13N5O. The number of fused-ring (bicyclic) bond motifs is 1. The number of aromatic nitrogens is 5. The van der Waals surface area contributed by atoms with Crippen LogP contribution in [0.2, 0.25) is 0 Å². The Morgan fingerprint density at radius 3 is 3.00 bits per heavy atom. The second kappa shape index (κ2) is 4.23. The van der Waals surface area contributed by atoms with Gasteiger partial charge in [0.2, 0.25) is 0 Å². The van der Waals surface area contributed by atoms with E-state index in [9.17, 15) is 5.11 Å². The van der Waals surface area contributed by atoms with Gasteiger partial charge in [-0.3, -0.25) is 9.67 Å². The first-order valence-corrected chi connectivity index (χ1v) is 5.78. The lowest BCUT2D eigenvalue weighted by molar-refractivity contribution is 0.209. The first-order chi connectivity index (χ1) is 8.81. The van der Waals surface area contributed by atoms with E-state index < -0.39 is 6.10 Å². The van der Waals surface area contributed by atoms with Crippen LogP contribution in [0.4, 0.5) is 0 Å². The molecule has 92 valence electrons. The fourth-order valence-corrected chi connectivity index (χ4v) is 2.06. The smallest absolute Gasteiger partial charge is 0.124 e. The van der Waals surface area contributed by atoms with Crippen LogP contribution in [0, 0.1) is 0 Å². The van der Waals surface area contributed by atoms with Crippen LogP contribution in [0.3, 0.4) is 0 Å². The summed E-state index contributed by atoms with van der Waals surface area (Å²) in [6, 6.07) is 1.81. The molecule has 0 aromatic carbocycles. The molecule has 3 aromatic heterocycles. The van der Waals surface area contributed by atoms with E-state index in [1.807, 2.05) is 13.0 Å². The molecule has 0 radical (unpaired) electrons. The van der Waals surface area contributed by atoms with Crippen LogP contribution in [-0.2, 0) is 6.54 Å². The average molecular weight is 243 g/mol. The second-order valence-corrected chi connectivity index (χ2v) is 3.98. The molecule has 6 heteroatoms. The largest absolute Gasteiger partial charge is 0.382 e. The highest BCUT2D eigenvalue weighted by Crippen LogP contribution is 2.24. The summed E-state index contributed by atoms with van der Waals surface area (Å²) in [5, 5.41) is 18.8. The standard InChI is InChI=1S/C12H13N5O/c1-2-16-10(3-4-14-16)12(18)9-7-15-17-6-5-13-8-11(9)17/h3-8,12,18H,2H2,1H3. The van der Waals surface area contributed by atoms with Crippen molar-refractivity contribution in [2.24, 2.45) is 0 Å². The van der Waals surface area contributed by atoms with Crippen LogP contribution >= 0.6 is 0 Å². The molecule has 6 nitrogen and oxygen atoms in total. The van der Waals surface area contributed by atoms with Gasteiger partial charge in [0.05, 0.1) is 23.6 Å². The van der Waals surface area contributed by atoms with Gasteiger partial charge in [0.15, 0.2) is 0 Å². The monoisotopic (exact) mass is 243 g/mol. The van der Waals surface area contributed by atoms with E-state index in [-0.39, 0.29) is 0 Å². The number of hydrogen-bond donors (Lipinski definition) is 1. The van der Waals surface area contributed by atoms with E-state index in [1.54, 1.807) is 40.2 Å². The maximum atomic E-state index is 10.4. The lowest BCUT2D eigenvalue weighted by Gasteiger charge is -2.11. The maximum absolute atomic E-state index is 10.4. The van der Waals surface area contributed by atoms with Crippen molar-refractivity contribution in [3.05, 3.63) is 48.3 Å². The molecule has 0 amide bonds. The summed E-state index contributed by atoms with van der Waals surface area (Å²) in [6.45, 7) is 2.71. The zero-order chi connectivity index (χ0) is 12.5. The minimum absolute atomic E-state index is 0.719. The minimum Gasteiger partial charge on any atom is -0.382 e. The second-order valence-electron chi connectivity index (χ2n) is 3.98. The third kappa shape index (κ3) is 1.58. The van der Waals surface area contributed by atoms with Crippen LogP contribution < -0.4 is 0 Å². The number of aryl methyl sites for hydroxylation is 1. The molecule has 18 heavy (non-hydrogen) atoms. The Morgan fingerprint density at radius 2 is 2.17 bits per heavy atom. The predicted molar refractivity (Wildman–Crippen MR) is 64.9 cm³/mol. The van der Waals surface area contributed by atoms with Crippen molar-refractivity contribution in [3.63, 3.8) is 0 Å². The van der Waals surface area contributed by atoms with E-state index in [0.717, 1.165) is 23.3 Å². The topological polar surface area (TPSA) is 68.2 Å². The van der Waals surface area contributed by atoms with Crippen molar-refractivity contribution in [2.75, 3.05) is 0 Å². The molecule has 1 N–H and O–H groups in total. The summed E-state index contributed by atoms with van der Waals surface area (Å²) in [4.78, 5) is 4.06. The molecule has 1 atom stereocenters. The zero-order valence-corrected chi connectivity index (χ0v) is 9.93. The van der Waals surface area contributed by atoms with Crippen molar-refractivity contribution in [2.45, 2.75) is 19.6 Å². The summed E-state index contributed by atoms with van der Waals surface area (Å²) in [5.41, 5.74) is 2.29. The Labute approximate surface area is 104 Å². The Hall–Kier alpha value is -2.21. The first-order valence-electron chi connectivity index (χ1n) is 5.78. The minimum atomic E-state index is -0.742. The maximum Gasteiger partial charge on any atom is 0.124 e. The van der Waals surface area contributed by atoms with E-state index in [2.05, 4.69) is 15.2 Å². The number of aliphatic hydroxyl groups is 1. The van der Waals surface area contributed by atoms with Gasteiger partial charge < -0.3 is 5.11 Å². The van der Waals surface area contributed by atoms with Gasteiger partial charge in [-0.05, 0) is 13.0 Å². The van der Waals surface area contributed by atoms with E-state index >= 15 is 0 Å². The Bertz CT molecular complexity index is 672. The molecule has 3 heterocycles. The van der Waals surface area contributed by atoms with Crippen LogP contribution in [0.15, 0.2) is 37.1 Å². The SMILES string of the molecule is CCn1nccc1C(O)c1cnn2ccncc12. The molecule has 3 rings (SSSR count). The van der Waals surface area contributed by atoms with Crippen molar-refractivity contribution < 1.29 is 5.11 Å². The molecule has 3 aromatic rings. The first kappa shape index (κ1) is 10.9. The van der Waals surface area contributed by atoms with Crippen molar-refractivity contribution in [3.8, 4) is 0 Å². The van der Waals surface area contributed by atoms with Crippen LogP contribution in [0.1, 0.15) is 24.3 Å². The summed E-state index contributed by atoms with van der Waals surface area (Å²) in [7, 11) is 0. The highest BCUT2D eigenvalue weighted by atomic mass is 16.3. The van der Waals surface area contributed by atoms with Crippen LogP contribution in [-0.4, -0.2) is 29.5 Å². The molecule has 0 saturated heterocycles. The van der Waals surface area contributed by atoms with Gasteiger partial charge in [0, 0.05) is 30.7 Å². The van der Waals surface area contributed by atoms with E-state index in [4.69, 9.17) is 0 Å². The number of rotatable bonds is 3. The fourth-order valence-electron chi connectivity index (χ4n) is 2.06. The number of aliphatic hydroxyl groups excluding tert-OH is 1. The normalized spacial score (nSPS) is 13.0. The third-order valence-corrected chi connectivity index (χ3v) is 2.98. The van der Waals surface area contributed by atoms with Gasteiger partial charge in [-0.2, -0.15) is 10.2 Å². The van der Waals surface area contributed by atoms with Gasteiger partial charge in [0.25, 0.3) is 0 Å². The van der Waals surface area contributed by atoms with Gasteiger partial charge >= 0.3 is 0 Å². The van der Waals surface area contributed by atoms with Crippen molar-refractivity contribution in [1.82, 2.24) is 24.4 Å². The molecule has 0 aliphatic rings. The average Bonchev–Trinajstić information content (AvgIpc) is 3.04. The predicted octanol–water partition coefficient (Wildman–Crippen LogP) is 1.03. The lowest BCUT2D eigenvalue weighted by atomic mass is 10.1. The molecule has 0 saturated carbocycles. The van der Waals surface area contributed by atoms with E-state index in [0.29, 0.717) is 0 Å². The number of nitrogens with zero attached hydrogens (tertiary/aromatic N) is 5. The molecule has 0 fully saturated rings. The van der Waals surface area contributed by atoms with Gasteiger partial charge in [-0.15, -0.1) is 0 Å². The number of hydrogen-bond acceptors (Lipinski definition) is 4. The molecule has 0 spiro atoms. The fraction of sp³-hybridized carbons (Fsp3) is 0.250. The molecule has 0 bridgehead atoms. The van der Waals surface area contributed by atoms with Crippen LogP contribution in [0.5, 0.6) is 0 Å². The van der Waals surface area contributed by atoms with Gasteiger partial charge in [-0.1, -0.05) is 0 Å². The highest BCUT2D eigenvalue weighted by Gasteiger charge is 2.18. The molecular weight excluding hydrogens is 230 g/mol. The lowest BCUT2D eigenvalue weighted by Crippen LogP contribution is -2.08. The van der Waals surface area contributed by atoms with Crippen LogP contribution in [0.25, 0.3) is 5.52 Å². The third-order valence-electron chi connectivity index (χ3n) is 2.98. The van der Waals surface area contributed by atoms with E-state index in [1.165, 1.54) is 0 Å². The molecule has 1 unspecified atom stereocenters. The summed E-state index contributed by atoms with van der Waals surface area (Å²) in [5.74, 6) is 0. The van der Waals surface area contributed by atoms with Crippen molar-refractivity contribution >= 4 is 5.52 Å². The van der Waals surface area contributed by atoms with Crippen molar-refractivity contribution in [1.29, 1.82) is 0 Å². The highest BCUT2D eigenvalue weighted by molar-refractivity contribution is 5.54. The summed E-state index contributed by atoms with van der Waals surface area (Å²) >= 11 is 0. The zero-order valence-electron chi connectivity index (χ0n) is 9.93. The molecule has 0 aliphatic heterocycles. The quantitative estimate of drug-likeness (QED) is 0.746. The Kier molecular flexibility index (Phi) is 2.56. The Morgan fingerprint density at radius 1 is 1.28 bits per heavy atom. The summed E-state index contributed by atoms with van der Waals surface area (Å²) in [6.07, 6.45) is 7.71. The summed E-state index contributed by atoms with van der Waals surface area (Å²) < 4.78 is 3.46.